The minimum atomic E-state index is -3.49. The van der Waals surface area contributed by atoms with Crippen LogP contribution in [0.1, 0.15) is 30.7 Å². The van der Waals surface area contributed by atoms with E-state index in [1.54, 1.807) is 11.3 Å². The van der Waals surface area contributed by atoms with Gasteiger partial charge in [0, 0.05) is 25.2 Å². The molecule has 0 bridgehead atoms. The van der Waals surface area contributed by atoms with Gasteiger partial charge in [-0.3, -0.25) is 9.59 Å². The molecule has 1 aliphatic heterocycles. The summed E-state index contributed by atoms with van der Waals surface area (Å²) in [5, 5.41) is 3.58. The Kier molecular flexibility index (Phi) is 7.36. The van der Waals surface area contributed by atoms with Crippen molar-refractivity contribution in [2.24, 2.45) is 0 Å². The molecular formula is C23H25N3O5S2. The van der Waals surface area contributed by atoms with Crippen LogP contribution in [-0.4, -0.2) is 49.3 Å². The zero-order valence-electron chi connectivity index (χ0n) is 18.0. The van der Waals surface area contributed by atoms with Crippen LogP contribution >= 0.6 is 11.3 Å². The van der Waals surface area contributed by atoms with Crippen LogP contribution in [0.15, 0.2) is 53.4 Å². The number of nitrogens with zero attached hydrogens (tertiary/aromatic N) is 2. The summed E-state index contributed by atoms with van der Waals surface area (Å²) >= 11 is 1.61. The maximum atomic E-state index is 12.5. The van der Waals surface area contributed by atoms with Crippen molar-refractivity contribution in [3.63, 3.8) is 0 Å². The Morgan fingerprint density at radius 2 is 1.79 bits per heavy atom. The van der Waals surface area contributed by atoms with Crippen molar-refractivity contribution in [2.75, 3.05) is 25.0 Å². The highest BCUT2D eigenvalue weighted by molar-refractivity contribution is 7.89. The lowest BCUT2D eigenvalue weighted by Crippen LogP contribution is -2.27. The smallest absolute Gasteiger partial charge is 0.306 e. The van der Waals surface area contributed by atoms with Gasteiger partial charge in [-0.1, -0.05) is 12.1 Å². The Labute approximate surface area is 196 Å². The van der Waals surface area contributed by atoms with Gasteiger partial charge in [0.1, 0.15) is 0 Å². The molecule has 1 amide bonds. The number of amides is 1. The van der Waals surface area contributed by atoms with E-state index in [-0.39, 0.29) is 11.3 Å². The highest BCUT2D eigenvalue weighted by Crippen LogP contribution is 2.23. The van der Waals surface area contributed by atoms with Gasteiger partial charge >= 0.3 is 5.97 Å². The molecule has 0 saturated carbocycles. The average molecular weight is 488 g/mol. The number of anilines is 1. The molecule has 0 atom stereocenters. The Hall–Kier alpha value is -2.82. The number of sulfonamides is 1. The quantitative estimate of drug-likeness (QED) is 0.463. The molecule has 8 nitrogen and oxygen atoms in total. The maximum Gasteiger partial charge on any atom is 0.306 e. The third kappa shape index (κ3) is 5.95. The van der Waals surface area contributed by atoms with Crippen molar-refractivity contribution in [2.45, 2.75) is 37.0 Å². The van der Waals surface area contributed by atoms with Gasteiger partial charge in [-0.15, -0.1) is 11.3 Å². The number of aryl methyl sites for hydroxylation is 1. The molecule has 2 aromatic carbocycles. The monoisotopic (exact) mass is 487 g/mol. The van der Waals surface area contributed by atoms with E-state index in [0.717, 1.165) is 28.1 Å². The first kappa shape index (κ1) is 23.3. The van der Waals surface area contributed by atoms with Crippen molar-refractivity contribution in [1.29, 1.82) is 0 Å². The van der Waals surface area contributed by atoms with Crippen molar-refractivity contribution in [3.8, 4) is 0 Å². The van der Waals surface area contributed by atoms with Gasteiger partial charge in [-0.05, 0) is 62.1 Å². The number of hydrogen-bond donors (Lipinski definition) is 1. The fourth-order valence-electron chi connectivity index (χ4n) is 3.61. The van der Waals surface area contributed by atoms with E-state index in [2.05, 4.69) is 10.3 Å². The van der Waals surface area contributed by atoms with Gasteiger partial charge in [-0.2, -0.15) is 4.31 Å². The van der Waals surface area contributed by atoms with Gasteiger partial charge in [0.25, 0.3) is 5.91 Å². The number of fused-ring (bicyclic) bond motifs is 1. The largest absolute Gasteiger partial charge is 0.456 e. The third-order valence-electron chi connectivity index (χ3n) is 5.31. The predicted octanol–water partition coefficient (Wildman–Crippen LogP) is 3.59. The molecule has 0 aliphatic carbocycles. The van der Waals surface area contributed by atoms with Gasteiger partial charge in [-0.25, -0.2) is 13.4 Å². The van der Waals surface area contributed by atoms with Crippen molar-refractivity contribution in [3.05, 3.63) is 53.5 Å². The van der Waals surface area contributed by atoms with Gasteiger partial charge < -0.3 is 10.1 Å². The Balaban J connectivity index is 1.19. The number of carbonyl (C=O) groups excluding carboxylic acids is 2. The number of rotatable bonds is 9. The fraction of sp³-hybridized carbons (Fsp3) is 0.348. The molecule has 174 valence electrons. The minimum absolute atomic E-state index is 0.196. The first-order valence-electron chi connectivity index (χ1n) is 10.8. The second-order valence-electron chi connectivity index (χ2n) is 7.77. The summed E-state index contributed by atoms with van der Waals surface area (Å²) in [6, 6.07) is 13.9. The summed E-state index contributed by atoms with van der Waals surface area (Å²) in [5.41, 5.74) is 1.39. The van der Waals surface area contributed by atoms with Crippen molar-refractivity contribution < 1.29 is 22.7 Å². The van der Waals surface area contributed by atoms with Crippen LogP contribution in [0, 0.1) is 0 Å². The predicted molar refractivity (Wildman–Crippen MR) is 127 cm³/mol. The fourth-order valence-corrected chi connectivity index (χ4v) is 6.14. The van der Waals surface area contributed by atoms with E-state index < -0.39 is 28.5 Å². The number of thiazole rings is 1. The van der Waals surface area contributed by atoms with Crippen LogP contribution in [0.5, 0.6) is 0 Å². The van der Waals surface area contributed by atoms with Crippen molar-refractivity contribution in [1.82, 2.24) is 9.29 Å². The Morgan fingerprint density at radius 3 is 2.52 bits per heavy atom. The first-order chi connectivity index (χ1) is 15.9. The van der Waals surface area contributed by atoms with Crippen LogP contribution in [-0.2, 0) is 30.8 Å². The van der Waals surface area contributed by atoms with Crippen LogP contribution < -0.4 is 5.32 Å². The number of carbonyl (C=O) groups is 2. The third-order valence-corrected chi connectivity index (χ3v) is 8.32. The average Bonchev–Trinajstić information content (AvgIpc) is 3.48. The van der Waals surface area contributed by atoms with E-state index in [1.807, 2.05) is 24.3 Å². The highest BCUT2D eigenvalue weighted by atomic mass is 32.2. The van der Waals surface area contributed by atoms with Gasteiger partial charge in [0.05, 0.1) is 20.1 Å². The number of para-hydroxylation sites is 1. The minimum Gasteiger partial charge on any atom is -0.456 e. The SMILES string of the molecule is O=C(COC(=O)CCCc1nc2ccccc2s1)Nc1ccc(S(=O)(=O)N2CCCC2)cc1. The zero-order chi connectivity index (χ0) is 23.3. The van der Waals surface area contributed by atoms with E-state index in [0.29, 0.717) is 31.6 Å². The topological polar surface area (TPSA) is 106 Å². The molecule has 0 spiro atoms. The van der Waals surface area contributed by atoms with Gasteiger partial charge in [0.2, 0.25) is 10.0 Å². The van der Waals surface area contributed by atoms with Crippen LogP contribution in [0.25, 0.3) is 10.2 Å². The summed E-state index contributed by atoms with van der Waals surface area (Å²) in [7, 11) is -3.49. The number of ether oxygens (including phenoxy) is 1. The number of esters is 1. The molecule has 1 aromatic heterocycles. The summed E-state index contributed by atoms with van der Waals surface area (Å²) in [6.45, 7) is 0.674. The van der Waals surface area contributed by atoms with E-state index >= 15 is 0 Å². The lowest BCUT2D eigenvalue weighted by Gasteiger charge is -2.15. The number of benzene rings is 2. The zero-order valence-corrected chi connectivity index (χ0v) is 19.7. The lowest BCUT2D eigenvalue weighted by molar-refractivity contribution is -0.147. The number of hydrogen-bond acceptors (Lipinski definition) is 7. The second kappa shape index (κ2) is 10.4. The maximum absolute atomic E-state index is 12.5. The molecule has 4 rings (SSSR count). The number of nitrogens with one attached hydrogen (secondary N) is 1. The molecule has 0 radical (unpaired) electrons. The molecule has 33 heavy (non-hydrogen) atoms. The summed E-state index contributed by atoms with van der Waals surface area (Å²) < 4.78 is 32.7. The summed E-state index contributed by atoms with van der Waals surface area (Å²) in [4.78, 5) is 28.8. The van der Waals surface area contributed by atoms with Crippen LogP contribution in [0.4, 0.5) is 5.69 Å². The molecule has 0 unspecified atom stereocenters. The summed E-state index contributed by atoms with van der Waals surface area (Å²) in [5.74, 6) is -0.928. The second-order valence-corrected chi connectivity index (χ2v) is 10.8. The van der Waals surface area contributed by atoms with Crippen molar-refractivity contribution >= 4 is 49.1 Å². The molecule has 1 N–H and O–H groups in total. The van der Waals surface area contributed by atoms with E-state index in [1.165, 1.54) is 28.6 Å². The Bertz CT molecular complexity index is 1200. The first-order valence-corrected chi connectivity index (χ1v) is 13.1. The standard InChI is InChI=1S/C23H25N3O5S2/c27-21(24-17-10-12-18(13-11-17)33(29,30)26-14-3-4-15-26)16-31-23(28)9-5-8-22-25-19-6-1-2-7-20(19)32-22/h1-2,6-7,10-13H,3-5,8-9,14-16H2,(H,24,27). The molecule has 1 fully saturated rings. The molecule has 3 aromatic rings. The normalized spacial score (nSPS) is 14.4. The lowest BCUT2D eigenvalue weighted by atomic mass is 10.2. The molecule has 2 heterocycles. The molecule has 10 heteroatoms. The van der Waals surface area contributed by atoms with E-state index in [4.69, 9.17) is 4.74 Å². The van der Waals surface area contributed by atoms with E-state index in [9.17, 15) is 18.0 Å². The Morgan fingerprint density at radius 1 is 1.06 bits per heavy atom. The summed E-state index contributed by atoms with van der Waals surface area (Å²) in [6.07, 6.45) is 3.20. The molecular weight excluding hydrogens is 462 g/mol. The molecule has 1 saturated heterocycles. The van der Waals surface area contributed by atoms with Crippen LogP contribution in [0.2, 0.25) is 0 Å². The number of aromatic nitrogens is 1. The molecule has 1 aliphatic rings. The van der Waals surface area contributed by atoms with Gasteiger partial charge in [0.15, 0.2) is 6.61 Å². The highest BCUT2D eigenvalue weighted by Gasteiger charge is 2.26. The van der Waals surface area contributed by atoms with Crippen LogP contribution in [0.3, 0.4) is 0 Å².